The second kappa shape index (κ2) is 4.92. The van der Waals surface area contributed by atoms with Crippen LogP contribution in [0, 0.1) is 0 Å². The molecule has 82 valence electrons. The summed E-state index contributed by atoms with van der Waals surface area (Å²) in [5.74, 6) is -1.06. The number of likely N-dealkylation sites (N-methyl/N-ethyl adjacent to an activating group) is 1. The van der Waals surface area contributed by atoms with Crippen LogP contribution < -0.4 is 5.32 Å². The minimum absolute atomic E-state index is 0.203. The van der Waals surface area contributed by atoms with Crippen LogP contribution in [0.1, 0.15) is 13.8 Å². The topological polar surface area (TPSA) is 75.6 Å². The zero-order valence-electron chi connectivity index (χ0n) is 8.90. The van der Waals surface area contributed by atoms with Crippen LogP contribution >= 0.6 is 0 Å². The van der Waals surface area contributed by atoms with Crippen molar-refractivity contribution in [1.82, 2.24) is 5.32 Å². The maximum absolute atomic E-state index is 11.3. The van der Waals surface area contributed by atoms with Crippen LogP contribution in [-0.2, 0) is 14.3 Å². The molecule has 0 aromatic heterocycles. The fraction of sp³-hybridized carbons (Fsp3) is 0.750. The molecule has 0 heterocycles. The lowest BCUT2D eigenvalue weighted by molar-refractivity contribution is -1.09. The first-order chi connectivity index (χ1) is 6.29. The van der Waals surface area contributed by atoms with E-state index < -0.39 is 22.7 Å². The summed E-state index contributed by atoms with van der Waals surface area (Å²) in [6, 6.07) is 0. The van der Waals surface area contributed by atoms with E-state index in [2.05, 4.69) is 5.32 Å². The van der Waals surface area contributed by atoms with Crippen LogP contribution in [0.2, 0.25) is 0 Å². The molecule has 0 radical (unpaired) electrons. The Balaban J connectivity index is 4.55. The number of rotatable bonds is 4. The predicted octanol–water partition coefficient (Wildman–Crippen LogP) is -0.523. The maximum Gasteiger partial charge on any atom is 0.390 e. The zero-order chi connectivity index (χ0) is 11.4. The van der Waals surface area contributed by atoms with Gasteiger partial charge in [-0.3, -0.25) is 10.1 Å². The molecule has 0 aliphatic heterocycles. The van der Waals surface area contributed by atoms with Gasteiger partial charge in [-0.15, -0.1) is 0 Å². The molecule has 0 spiro atoms. The number of carbonyl (C=O) groups excluding carboxylic acids is 2. The van der Waals surface area contributed by atoms with Crippen molar-refractivity contribution >= 4 is 11.9 Å². The van der Waals surface area contributed by atoms with Crippen molar-refractivity contribution in [2.75, 3.05) is 20.7 Å². The average Bonchev–Trinajstić information content (AvgIpc) is 1.98. The minimum Gasteiger partial charge on any atom is -0.460 e. The highest BCUT2D eigenvalue weighted by Gasteiger charge is 2.36. The Morgan fingerprint density at radius 2 is 2.00 bits per heavy atom. The number of hydrogen-bond donors (Lipinski definition) is 2. The van der Waals surface area contributed by atoms with Gasteiger partial charge in [0.15, 0.2) is 0 Å². The van der Waals surface area contributed by atoms with Gasteiger partial charge < -0.3 is 4.74 Å². The first kappa shape index (κ1) is 12.9. The Hall–Kier alpha value is -1.14. The third kappa shape index (κ3) is 4.20. The van der Waals surface area contributed by atoms with Gasteiger partial charge in [0.2, 0.25) is 5.91 Å². The number of ether oxygens (including phenoxy) is 1. The lowest BCUT2D eigenvalue weighted by Crippen LogP contribution is -2.59. The van der Waals surface area contributed by atoms with Crippen molar-refractivity contribution in [2.45, 2.75) is 20.0 Å². The molecule has 1 unspecified atom stereocenters. The first-order valence-electron chi connectivity index (χ1n) is 4.29. The summed E-state index contributed by atoms with van der Waals surface area (Å²) in [5.41, 5.74) is 0. The van der Waals surface area contributed by atoms with Crippen molar-refractivity contribution in [3.63, 3.8) is 0 Å². The number of hydrogen-bond acceptors (Lipinski definition) is 4. The van der Waals surface area contributed by atoms with E-state index in [9.17, 15) is 14.8 Å². The fourth-order valence-electron chi connectivity index (χ4n) is 0.889. The van der Waals surface area contributed by atoms with Gasteiger partial charge in [-0.25, -0.2) is 10.0 Å². The van der Waals surface area contributed by atoms with E-state index in [-0.39, 0.29) is 6.61 Å². The molecule has 0 saturated carbocycles. The number of amides is 1. The lowest BCUT2D eigenvalue weighted by atomic mass is 10.4. The molecule has 2 N–H and O–H groups in total. The second-order valence-corrected chi connectivity index (χ2v) is 3.33. The van der Waals surface area contributed by atoms with Gasteiger partial charge in [0.05, 0.1) is 6.61 Å². The van der Waals surface area contributed by atoms with E-state index in [1.165, 1.54) is 21.0 Å². The quantitative estimate of drug-likeness (QED) is 0.280. The van der Waals surface area contributed by atoms with Gasteiger partial charge in [0, 0.05) is 6.92 Å². The number of quaternary nitrogens is 1. The van der Waals surface area contributed by atoms with Gasteiger partial charge in [0.25, 0.3) is 6.17 Å². The monoisotopic (exact) mass is 205 g/mol. The Morgan fingerprint density at radius 1 is 1.50 bits per heavy atom. The van der Waals surface area contributed by atoms with Gasteiger partial charge in [-0.2, -0.15) is 4.65 Å². The zero-order valence-corrected chi connectivity index (χ0v) is 8.90. The van der Waals surface area contributed by atoms with Gasteiger partial charge in [-0.05, 0) is 6.92 Å². The summed E-state index contributed by atoms with van der Waals surface area (Å²) in [5, 5.41) is 11.9. The Bertz CT molecular complexity index is 222. The van der Waals surface area contributed by atoms with Gasteiger partial charge in [0.1, 0.15) is 14.1 Å². The van der Waals surface area contributed by atoms with E-state index in [0.717, 1.165) is 0 Å². The van der Waals surface area contributed by atoms with Crippen LogP contribution in [0.3, 0.4) is 0 Å². The summed E-state index contributed by atoms with van der Waals surface area (Å²) < 4.78 is 4.01. The highest BCUT2D eigenvalue weighted by atomic mass is 16.6. The molecule has 0 aliphatic rings. The summed E-state index contributed by atoms with van der Waals surface area (Å²) in [4.78, 5) is 22.1. The largest absolute Gasteiger partial charge is 0.460 e. The van der Waals surface area contributed by atoms with Gasteiger partial charge in [-0.1, -0.05) is 0 Å². The molecular formula is C8H17N2O4+. The summed E-state index contributed by atoms with van der Waals surface area (Å²) in [6.07, 6.45) is -1.09. The molecule has 0 saturated heterocycles. The normalized spacial score (nSPS) is 13.2. The molecule has 0 bridgehead atoms. The highest BCUT2D eigenvalue weighted by Crippen LogP contribution is 2.01. The summed E-state index contributed by atoms with van der Waals surface area (Å²) in [6.45, 7) is 3.12. The molecule has 6 heteroatoms. The third-order valence-electron chi connectivity index (χ3n) is 1.48. The molecule has 1 amide bonds. The summed E-state index contributed by atoms with van der Waals surface area (Å²) >= 11 is 0. The fourth-order valence-corrected chi connectivity index (χ4v) is 0.889. The maximum atomic E-state index is 11.3. The van der Waals surface area contributed by atoms with Crippen molar-refractivity contribution in [3.8, 4) is 0 Å². The molecule has 0 aliphatic carbocycles. The van der Waals surface area contributed by atoms with Crippen molar-refractivity contribution in [3.05, 3.63) is 0 Å². The average molecular weight is 205 g/mol. The lowest BCUT2D eigenvalue weighted by Gasteiger charge is -2.28. The molecule has 6 nitrogen and oxygen atoms in total. The standard InChI is InChI=1S/C8H16N2O4/c1-5-14-8(12)7(9-6(2)11)10(3,4)13/h7,13H,5H2,1-4H3/p+1. The van der Waals surface area contributed by atoms with Crippen molar-refractivity contribution < 1.29 is 24.2 Å². The molecule has 0 fully saturated rings. The molecule has 14 heavy (non-hydrogen) atoms. The van der Waals surface area contributed by atoms with E-state index in [4.69, 9.17) is 4.74 Å². The van der Waals surface area contributed by atoms with E-state index in [1.54, 1.807) is 6.92 Å². The Morgan fingerprint density at radius 3 is 2.29 bits per heavy atom. The SMILES string of the molecule is CCOC(=O)C(NC(C)=O)[N+](C)(C)O. The van der Waals surface area contributed by atoms with Crippen LogP contribution in [-0.4, -0.2) is 48.6 Å². The van der Waals surface area contributed by atoms with Crippen LogP contribution in [0.4, 0.5) is 0 Å². The minimum atomic E-state index is -1.09. The molecule has 0 aromatic rings. The number of nitrogens with zero attached hydrogens (tertiary/aromatic N) is 1. The van der Waals surface area contributed by atoms with E-state index in [1.807, 2.05) is 0 Å². The number of hydroxylamine groups is 3. The van der Waals surface area contributed by atoms with Crippen LogP contribution in [0.15, 0.2) is 0 Å². The second-order valence-electron chi connectivity index (χ2n) is 3.33. The Kier molecular flexibility index (Phi) is 4.52. The number of esters is 1. The molecular weight excluding hydrogens is 188 g/mol. The summed E-state index contributed by atoms with van der Waals surface area (Å²) in [7, 11) is 2.75. The Labute approximate surface area is 83.0 Å². The van der Waals surface area contributed by atoms with E-state index >= 15 is 0 Å². The van der Waals surface area contributed by atoms with Crippen molar-refractivity contribution in [1.29, 1.82) is 0 Å². The van der Waals surface area contributed by atoms with Crippen molar-refractivity contribution in [2.24, 2.45) is 0 Å². The molecule has 1 atom stereocenters. The number of nitrogens with one attached hydrogen (secondary N) is 1. The van der Waals surface area contributed by atoms with E-state index in [0.29, 0.717) is 0 Å². The number of carbonyl (C=O) groups is 2. The first-order valence-corrected chi connectivity index (χ1v) is 4.29. The smallest absolute Gasteiger partial charge is 0.390 e. The molecule has 0 rings (SSSR count). The van der Waals surface area contributed by atoms with Gasteiger partial charge >= 0.3 is 5.97 Å². The van der Waals surface area contributed by atoms with Crippen LogP contribution in [0.5, 0.6) is 0 Å². The third-order valence-corrected chi connectivity index (χ3v) is 1.48. The molecule has 0 aromatic carbocycles. The highest BCUT2D eigenvalue weighted by molar-refractivity contribution is 5.81. The predicted molar refractivity (Wildman–Crippen MR) is 48.1 cm³/mol. The van der Waals surface area contributed by atoms with Crippen LogP contribution in [0.25, 0.3) is 0 Å².